The van der Waals surface area contributed by atoms with Crippen LogP contribution in [0.15, 0.2) is 24.3 Å². The number of hydrogen-bond acceptors (Lipinski definition) is 3. The second kappa shape index (κ2) is 7.11. The van der Waals surface area contributed by atoms with Gasteiger partial charge in [-0.15, -0.1) is 0 Å². The number of amides is 1. The number of hydrogen-bond donors (Lipinski definition) is 0. The highest BCUT2D eigenvalue weighted by Crippen LogP contribution is 2.37. The summed E-state index contributed by atoms with van der Waals surface area (Å²) in [7, 11) is -1.89. The van der Waals surface area contributed by atoms with Gasteiger partial charge in [-0.2, -0.15) is 9.28 Å². The third kappa shape index (κ3) is 4.30. The average molecular weight is 327 g/mol. The topological polar surface area (TPSA) is 35.5 Å². The Morgan fingerprint density at radius 2 is 2.05 bits per heavy atom. The van der Waals surface area contributed by atoms with Crippen molar-refractivity contribution in [2.24, 2.45) is 0 Å². The van der Waals surface area contributed by atoms with Crippen molar-refractivity contribution in [3.05, 3.63) is 24.3 Å². The van der Waals surface area contributed by atoms with Crippen molar-refractivity contribution in [3.63, 3.8) is 0 Å². The van der Waals surface area contributed by atoms with Crippen LogP contribution in [0.25, 0.3) is 0 Å². The Morgan fingerprint density at radius 1 is 1.41 bits per heavy atom. The van der Waals surface area contributed by atoms with E-state index in [1.54, 1.807) is 6.08 Å². The summed E-state index contributed by atoms with van der Waals surface area (Å²) in [4.78, 5) is 12.6. The van der Waals surface area contributed by atoms with Gasteiger partial charge in [-0.3, -0.25) is 0 Å². The number of carbonyl (C=O) groups is 1. The van der Waals surface area contributed by atoms with Crippen molar-refractivity contribution in [2.45, 2.75) is 52.2 Å². The summed E-state index contributed by atoms with van der Waals surface area (Å²) in [6.45, 7) is 18.8. The Bertz CT molecular complexity index is 451. The van der Waals surface area contributed by atoms with Gasteiger partial charge in [0, 0.05) is 6.42 Å². The van der Waals surface area contributed by atoms with Gasteiger partial charge in [-0.05, 0) is 30.6 Å². The number of likely N-dealkylation sites (tertiary alicyclic amines) is 1. The molecule has 1 fully saturated rings. The zero-order valence-corrected chi connectivity index (χ0v) is 16.1. The molecule has 22 heavy (non-hydrogen) atoms. The first-order valence-electron chi connectivity index (χ1n) is 8.00. The van der Waals surface area contributed by atoms with Crippen LogP contribution in [0.5, 0.6) is 0 Å². The largest absolute Gasteiger partial charge is 0.518 e. The van der Waals surface area contributed by atoms with Gasteiger partial charge in [-0.25, -0.2) is 0 Å². The third-order valence-electron chi connectivity index (χ3n) is 4.97. The van der Waals surface area contributed by atoms with Gasteiger partial charge in [0.25, 0.3) is 0 Å². The van der Waals surface area contributed by atoms with E-state index in [-0.39, 0.29) is 22.2 Å². The van der Waals surface area contributed by atoms with Gasteiger partial charge >= 0.3 is 6.09 Å². The van der Waals surface area contributed by atoms with Crippen LogP contribution in [0.1, 0.15) is 34.1 Å². The van der Waals surface area contributed by atoms with Gasteiger partial charge in [0.2, 0.25) is 0 Å². The summed E-state index contributed by atoms with van der Waals surface area (Å²) >= 11 is 0. The lowest BCUT2D eigenvalue weighted by atomic mass is 10.2. The van der Waals surface area contributed by atoms with Gasteiger partial charge in [-0.1, -0.05) is 39.5 Å². The molecule has 1 amide bonds. The summed E-state index contributed by atoms with van der Waals surface area (Å²) in [6.07, 6.45) is 4.44. The molecule has 0 spiro atoms. The molecule has 0 aromatic heterocycles. The number of nitrogens with zero attached hydrogens (tertiary/aromatic N) is 1. The van der Waals surface area contributed by atoms with Crippen molar-refractivity contribution < 1.29 is 18.4 Å². The molecule has 0 aromatic rings. The molecule has 1 atom stereocenters. The first-order valence-corrected chi connectivity index (χ1v) is 10.9. The highest BCUT2D eigenvalue weighted by Gasteiger charge is 2.47. The highest BCUT2D eigenvalue weighted by molar-refractivity contribution is 6.74. The third-order valence-corrected chi connectivity index (χ3v) is 9.43. The van der Waals surface area contributed by atoms with Crippen molar-refractivity contribution in [1.29, 1.82) is 0 Å². The first-order chi connectivity index (χ1) is 10.1. The lowest BCUT2D eigenvalue weighted by Gasteiger charge is -2.39. The quantitative estimate of drug-likeness (QED) is 0.425. The molecule has 1 unspecified atom stereocenters. The minimum absolute atomic E-state index is 0.130. The molecule has 1 aliphatic heterocycles. The van der Waals surface area contributed by atoms with Crippen molar-refractivity contribution >= 4 is 14.4 Å². The fourth-order valence-corrected chi connectivity index (χ4v) is 3.23. The van der Waals surface area contributed by atoms with E-state index in [0.717, 1.165) is 13.0 Å². The maximum Gasteiger partial charge on any atom is 0.518 e. The maximum atomic E-state index is 12.6. The molecule has 1 aliphatic rings. The standard InChI is InChI=1S/C17H32NO3Si/c1-8-12-20-16(19)18(11-10-15(9-2)13-18)14-21-22(6,7)17(3,4)5/h8-9H,1,10-14H2,2-7H3/q+1. The number of carbonyl (C=O) groups excluding carboxylic acids is 1. The minimum atomic E-state index is -1.89. The molecule has 126 valence electrons. The first kappa shape index (κ1) is 19.1. The Balaban J connectivity index is 2.89. The predicted octanol–water partition coefficient (Wildman–Crippen LogP) is 4.46. The van der Waals surface area contributed by atoms with Crippen LogP contribution < -0.4 is 0 Å². The highest BCUT2D eigenvalue weighted by atomic mass is 28.4. The normalized spacial score (nSPS) is 24.5. The van der Waals surface area contributed by atoms with E-state index in [0.29, 0.717) is 13.3 Å². The number of allylic oxidation sites excluding steroid dienone is 1. The van der Waals surface area contributed by atoms with Crippen LogP contribution in [0.4, 0.5) is 4.79 Å². The van der Waals surface area contributed by atoms with E-state index in [2.05, 4.69) is 46.5 Å². The molecule has 0 saturated carbocycles. The minimum Gasteiger partial charge on any atom is -0.416 e. The fraction of sp³-hybridized carbons (Fsp3) is 0.706. The van der Waals surface area contributed by atoms with E-state index in [1.165, 1.54) is 5.57 Å². The van der Waals surface area contributed by atoms with Crippen LogP contribution in [0.2, 0.25) is 18.1 Å². The van der Waals surface area contributed by atoms with Crippen LogP contribution in [0.3, 0.4) is 0 Å². The van der Waals surface area contributed by atoms with Crippen LogP contribution in [-0.4, -0.2) is 45.3 Å². The number of rotatable bonds is 5. The van der Waals surface area contributed by atoms with Gasteiger partial charge in [0.15, 0.2) is 15.0 Å². The summed E-state index contributed by atoms with van der Waals surface area (Å²) < 4.78 is 11.9. The van der Waals surface area contributed by atoms with Gasteiger partial charge in [0.05, 0.1) is 6.54 Å². The Labute approximate surface area is 136 Å². The molecular formula is C17H32NO3Si+. The Morgan fingerprint density at radius 3 is 2.50 bits per heavy atom. The van der Waals surface area contributed by atoms with E-state index < -0.39 is 8.32 Å². The Hall–Kier alpha value is -0.913. The molecule has 0 aromatic carbocycles. The molecule has 1 rings (SSSR count). The predicted molar refractivity (Wildman–Crippen MR) is 93.1 cm³/mol. The van der Waals surface area contributed by atoms with E-state index in [9.17, 15) is 4.79 Å². The second-order valence-electron chi connectivity index (χ2n) is 7.62. The monoisotopic (exact) mass is 326 g/mol. The average Bonchev–Trinajstić information content (AvgIpc) is 2.86. The molecule has 0 bridgehead atoms. The van der Waals surface area contributed by atoms with Gasteiger partial charge in [0.1, 0.15) is 13.2 Å². The smallest absolute Gasteiger partial charge is 0.416 e. The SMILES string of the molecule is C=CCOC(=O)[N+]1(CO[Si](C)(C)C(C)(C)C)CCC(=CC)C1. The number of quaternary nitrogens is 1. The molecule has 0 N–H and O–H groups in total. The van der Waals surface area contributed by atoms with E-state index >= 15 is 0 Å². The molecule has 1 heterocycles. The van der Waals surface area contributed by atoms with Gasteiger partial charge < -0.3 is 9.16 Å². The zero-order chi connectivity index (χ0) is 17.0. The molecule has 1 saturated heterocycles. The Kier molecular flexibility index (Phi) is 6.18. The lowest BCUT2D eigenvalue weighted by molar-refractivity contribution is -0.860. The van der Waals surface area contributed by atoms with E-state index in [1.807, 2.05) is 6.92 Å². The number of ether oxygens (including phenoxy) is 1. The fourth-order valence-electron chi connectivity index (χ4n) is 2.23. The summed E-state index contributed by atoms with van der Waals surface area (Å²) in [5.74, 6) is 0. The summed E-state index contributed by atoms with van der Waals surface area (Å²) in [5.41, 5.74) is 1.30. The second-order valence-corrected chi connectivity index (χ2v) is 12.4. The van der Waals surface area contributed by atoms with Crippen LogP contribution in [0, 0.1) is 0 Å². The van der Waals surface area contributed by atoms with Crippen LogP contribution in [-0.2, 0) is 9.16 Å². The zero-order valence-electron chi connectivity index (χ0n) is 15.1. The molecular weight excluding hydrogens is 294 g/mol. The van der Waals surface area contributed by atoms with Crippen molar-refractivity contribution in [1.82, 2.24) is 0 Å². The lowest BCUT2D eigenvalue weighted by Crippen LogP contribution is -2.55. The van der Waals surface area contributed by atoms with Crippen LogP contribution >= 0.6 is 0 Å². The molecule has 5 heteroatoms. The molecule has 0 aliphatic carbocycles. The molecule has 0 radical (unpaired) electrons. The van der Waals surface area contributed by atoms with Crippen molar-refractivity contribution in [3.8, 4) is 0 Å². The molecule has 4 nitrogen and oxygen atoms in total. The van der Waals surface area contributed by atoms with Crippen molar-refractivity contribution in [2.75, 3.05) is 26.4 Å². The summed E-state index contributed by atoms with van der Waals surface area (Å²) in [6, 6.07) is 0. The summed E-state index contributed by atoms with van der Waals surface area (Å²) in [5, 5.41) is 0.130. The maximum absolute atomic E-state index is 12.6. The van der Waals surface area contributed by atoms with E-state index in [4.69, 9.17) is 9.16 Å².